The molecule has 0 aliphatic heterocycles. The van der Waals surface area contributed by atoms with Gasteiger partial charge >= 0.3 is 0 Å². The Balaban J connectivity index is 3.98. The van der Waals surface area contributed by atoms with Crippen molar-refractivity contribution in [1.82, 2.24) is 0 Å². The van der Waals surface area contributed by atoms with Crippen LogP contribution in [0.4, 0.5) is 0 Å². The Morgan fingerprint density at radius 3 is 2.00 bits per heavy atom. The van der Waals surface area contributed by atoms with E-state index < -0.39 is 5.60 Å². The van der Waals surface area contributed by atoms with Crippen molar-refractivity contribution in [1.29, 1.82) is 0 Å². The summed E-state index contributed by atoms with van der Waals surface area (Å²) in [4.78, 5) is 0. The average molecular weight is 214 g/mol. The van der Waals surface area contributed by atoms with Crippen molar-refractivity contribution < 1.29 is 5.11 Å². The maximum atomic E-state index is 10.2. The van der Waals surface area contributed by atoms with Gasteiger partial charge in [0, 0.05) is 0 Å². The maximum absolute atomic E-state index is 10.2. The van der Waals surface area contributed by atoms with Crippen LogP contribution in [0, 0.1) is 11.3 Å². The van der Waals surface area contributed by atoms with Gasteiger partial charge in [-0.05, 0) is 37.5 Å². The van der Waals surface area contributed by atoms with Gasteiger partial charge in [0.2, 0.25) is 0 Å². The minimum absolute atomic E-state index is 0.375. The monoisotopic (exact) mass is 214 g/mol. The van der Waals surface area contributed by atoms with Gasteiger partial charge in [-0.25, -0.2) is 0 Å². The molecule has 92 valence electrons. The first-order valence-electron chi connectivity index (χ1n) is 6.39. The van der Waals surface area contributed by atoms with Crippen molar-refractivity contribution >= 4 is 0 Å². The van der Waals surface area contributed by atoms with Gasteiger partial charge in [-0.15, -0.1) is 0 Å². The summed E-state index contributed by atoms with van der Waals surface area (Å²) >= 11 is 0. The van der Waals surface area contributed by atoms with Crippen LogP contribution in [-0.2, 0) is 0 Å². The lowest BCUT2D eigenvalue weighted by molar-refractivity contribution is 0.0203. The topological polar surface area (TPSA) is 20.2 Å². The summed E-state index contributed by atoms with van der Waals surface area (Å²) in [5.74, 6) is 0.608. The van der Waals surface area contributed by atoms with Crippen LogP contribution in [0.1, 0.15) is 73.6 Å². The molecule has 0 bridgehead atoms. The maximum Gasteiger partial charge on any atom is 0.0622 e. The molecule has 1 heteroatoms. The molecule has 0 heterocycles. The fourth-order valence-electron chi connectivity index (χ4n) is 2.53. The molecule has 0 rings (SSSR count). The van der Waals surface area contributed by atoms with Gasteiger partial charge in [0.25, 0.3) is 0 Å². The molecule has 2 atom stereocenters. The first-order chi connectivity index (χ1) is 6.66. The van der Waals surface area contributed by atoms with Gasteiger partial charge in [0.15, 0.2) is 0 Å². The van der Waals surface area contributed by atoms with E-state index in [0.29, 0.717) is 11.3 Å². The Morgan fingerprint density at radius 2 is 1.60 bits per heavy atom. The summed E-state index contributed by atoms with van der Waals surface area (Å²) < 4.78 is 0. The molecule has 0 aromatic heterocycles. The lowest BCUT2D eigenvalue weighted by Crippen LogP contribution is -2.28. The van der Waals surface area contributed by atoms with Crippen molar-refractivity contribution in [3.8, 4) is 0 Å². The summed E-state index contributed by atoms with van der Waals surface area (Å²) in [6.07, 6.45) is 5.37. The highest BCUT2D eigenvalue weighted by Gasteiger charge is 2.25. The molecule has 0 aromatic rings. The van der Waals surface area contributed by atoms with E-state index in [0.717, 1.165) is 19.3 Å². The molecule has 0 aliphatic rings. The Kier molecular flexibility index (Phi) is 5.87. The third-order valence-corrected chi connectivity index (χ3v) is 2.82. The Bertz CT molecular complexity index is 165. The van der Waals surface area contributed by atoms with Gasteiger partial charge in [-0.3, -0.25) is 0 Å². The van der Waals surface area contributed by atoms with E-state index in [1.54, 1.807) is 0 Å². The lowest BCUT2D eigenvalue weighted by atomic mass is 9.79. The van der Waals surface area contributed by atoms with E-state index in [-0.39, 0.29) is 0 Å². The Hall–Kier alpha value is -0.0400. The lowest BCUT2D eigenvalue weighted by Gasteiger charge is -2.30. The molecule has 0 spiro atoms. The molecular weight excluding hydrogens is 184 g/mol. The van der Waals surface area contributed by atoms with Crippen LogP contribution in [0.15, 0.2) is 0 Å². The summed E-state index contributed by atoms with van der Waals surface area (Å²) in [5.41, 5.74) is -0.0824. The molecule has 2 unspecified atom stereocenters. The number of rotatable bonds is 6. The van der Waals surface area contributed by atoms with Crippen LogP contribution in [0.25, 0.3) is 0 Å². The molecule has 0 aliphatic carbocycles. The van der Waals surface area contributed by atoms with Crippen LogP contribution in [0.5, 0.6) is 0 Å². The van der Waals surface area contributed by atoms with Crippen LogP contribution >= 0.6 is 0 Å². The van der Waals surface area contributed by atoms with E-state index in [2.05, 4.69) is 34.6 Å². The third kappa shape index (κ3) is 8.92. The Labute approximate surface area is 96.3 Å². The standard InChI is InChI=1S/C14H30O/c1-7-8-9-14(6,15)11-12(2)10-13(3,4)5/h12,15H,7-11H2,1-6H3. The first kappa shape index (κ1) is 15.0. The third-order valence-electron chi connectivity index (χ3n) is 2.82. The van der Waals surface area contributed by atoms with Crippen LogP contribution < -0.4 is 0 Å². The normalized spacial score (nSPS) is 18.6. The van der Waals surface area contributed by atoms with E-state index >= 15 is 0 Å². The van der Waals surface area contributed by atoms with E-state index in [9.17, 15) is 5.11 Å². The molecule has 0 radical (unpaired) electrons. The smallest absolute Gasteiger partial charge is 0.0622 e. The minimum atomic E-state index is -0.458. The van der Waals surface area contributed by atoms with Crippen LogP contribution in [0.2, 0.25) is 0 Å². The van der Waals surface area contributed by atoms with Crippen molar-refractivity contribution in [3.63, 3.8) is 0 Å². The van der Waals surface area contributed by atoms with Crippen molar-refractivity contribution in [2.24, 2.45) is 11.3 Å². The van der Waals surface area contributed by atoms with Gasteiger partial charge < -0.3 is 5.11 Å². The Morgan fingerprint density at radius 1 is 1.07 bits per heavy atom. The number of aliphatic hydroxyl groups is 1. The number of unbranched alkanes of at least 4 members (excludes halogenated alkanes) is 1. The number of hydrogen-bond acceptors (Lipinski definition) is 1. The average Bonchev–Trinajstić information content (AvgIpc) is 1.95. The van der Waals surface area contributed by atoms with Gasteiger partial charge in [0.05, 0.1) is 5.60 Å². The predicted octanol–water partition coefficient (Wildman–Crippen LogP) is 4.39. The molecule has 15 heavy (non-hydrogen) atoms. The van der Waals surface area contributed by atoms with Gasteiger partial charge in [-0.1, -0.05) is 47.5 Å². The van der Waals surface area contributed by atoms with Gasteiger partial charge in [-0.2, -0.15) is 0 Å². The highest BCUT2D eigenvalue weighted by Crippen LogP contribution is 2.31. The molecule has 1 N–H and O–H groups in total. The fraction of sp³-hybridized carbons (Fsp3) is 1.00. The molecular formula is C14H30O. The summed E-state index contributed by atoms with van der Waals surface area (Å²) in [5, 5.41) is 10.2. The predicted molar refractivity (Wildman–Crippen MR) is 68.0 cm³/mol. The van der Waals surface area contributed by atoms with Crippen molar-refractivity contribution in [3.05, 3.63) is 0 Å². The molecule has 0 fully saturated rings. The zero-order chi connectivity index (χ0) is 12.1. The summed E-state index contributed by atoms with van der Waals surface area (Å²) in [6.45, 7) is 13.2. The minimum Gasteiger partial charge on any atom is -0.390 e. The van der Waals surface area contributed by atoms with Crippen molar-refractivity contribution in [2.75, 3.05) is 0 Å². The first-order valence-corrected chi connectivity index (χ1v) is 6.39. The quantitative estimate of drug-likeness (QED) is 0.695. The van der Waals surface area contributed by atoms with E-state index in [1.165, 1.54) is 12.8 Å². The van der Waals surface area contributed by atoms with Gasteiger partial charge in [0.1, 0.15) is 0 Å². The largest absolute Gasteiger partial charge is 0.390 e. The number of hydrogen-bond donors (Lipinski definition) is 1. The van der Waals surface area contributed by atoms with E-state index in [1.807, 2.05) is 6.92 Å². The summed E-state index contributed by atoms with van der Waals surface area (Å²) in [7, 11) is 0. The molecule has 0 saturated carbocycles. The van der Waals surface area contributed by atoms with Crippen molar-refractivity contribution in [2.45, 2.75) is 79.2 Å². The highest BCUT2D eigenvalue weighted by molar-refractivity contribution is 4.77. The molecule has 0 amide bonds. The second kappa shape index (κ2) is 5.89. The second-order valence-electron chi connectivity index (χ2n) is 6.67. The molecule has 1 nitrogen and oxygen atoms in total. The fourth-order valence-corrected chi connectivity index (χ4v) is 2.53. The van der Waals surface area contributed by atoms with E-state index in [4.69, 9.17) is 0 Å². The highest BCUT2D eigenvalue weighted by atomic mass is 16.3. The summed E-state index contributed by atoms with van der Waals surface area (Å²) in [6, 6.07) is 0. The SMILES string of the molecule is CCCCC(C)(O)CC(C)CC(C)(C)C. The zero-order valence-electron chi connectivity index (χ0n) is 11.6. The van der Waals surface area contributed by atoms with Crippen LogP contribution in [-0.4, -0.2) is 10.7 Å². The van der Waals surface area contributed by atoms with Crippen LogP contribution in [0.3, 0.4) is 0 Å². The molecule has 0 aromatic carbocycles. The zero-order valence-corrected chi connectivity index (χ0v) is 11.6. The second-order valence-corrected chi connectivity index (χ2v) is 6.67. The molecule has 0 saturated heterocycles.